The lowest BCUT2D eigenvalue weighted by molar-refractivity contribution is -0.117. The lowest BCUT2D eigenvalue weighted by atomic mass is 10.2. The molecule has 1 aliphatic heterocycles. The molecule has 27 heavy (non-hydrogen) atoms. The zero-order valence-electron chi connectivity index (χ0n) is 15.9. The predicted molar refractivity (Wildman–Crippen MR) is 101 cm³/mol. The molecule has 0 radical (unpaired) electrons. The van der Waals surface area contributed by atoms with Crippen molar-refractivity contribution in [2.24, 2.45) is 0 Å². The van der Waals surface area contributed by atoms with Crippen molar-refractivity contribution in [2.45, 2.75) is 52.6 Å². The van der Waals surface area contributed by atoms with Crippen LogP contribution in [0.3, 0.4) is 0 Å². The Kier molecular flexibility index (Phi) is 6.16. The second kappa shape index (κ2) is 8.75. The van der Waals surface area contributed by atoms with Gasteiger partial charge in [0.15, 0.2) is 0 Å². The summed E-state index contributed by atoms with van der Waals surface area (Å²) >= 11 is 0. The third-order valence-electron chi connectivity index (χ3n) is 4.41. The van der Waals surface area contributed by atoms with Crippen LogP contribution in [0.5, 0.6) is 11.5 Å². The molecule has 0 atom stereocenters. The molecule has 8 heteroatoms. The number of hydrogen-bond acceptors (Lipinski definition) is 5. The number of nitrogens with one attached hydrogen (secondary N) is 1. The van der Waals surface area contributed by atoms with Gasteiger partial charge < -0.3 is 14.8 Å². The summed E-state index contributed by atoms with van der Waals surface area (Å²) in [6, 6.07) is 5.27. The zero-order chi connectivity index (χ0) is 19.2. The normalized spacial score (nSPS) is 13.6. The van der Waals surface area contributed by atoms with Gasteiger partial charge in [0.1, 0.15) is 23.9 Å². The lowest BCUT2D eigenvalue weighted by Crippen LogP contribution is -2.30. The Labute approximate surface area is 158 Å². The molecule has 0 unspecified atom stereocenters. The second-order valence-electron chi connectivity index (χ2n) is 6.39. The van der Waals surface area contributed by atoms with Crippen LogP contribution >= 0.6 is 0 Å². The van der Waals surface area contributed by atoms with Gasteiger partial charge >= 0.3 is 5.69 Å². The van der Waals surface area contributed by atoms with E-state index >= 15 is 0 Å². The molecule has 0 saturated heterocycles. The van der Waals surface area contributed by atoms with E-state index in [2.05, 4.69) is 10.4 Å². The van der Waals surface area contributed by atoms with Crippen molar-refractivity contribution < 1.29 is 14.3 Å². The summed E-state index contributed by atoms with van der Waals surface area (Å²) in [5.41, 5.74) is 0.289. The van der Waals surface area contributed by atoms with E-state index < -0.39 is 0 Å². The number of fused-ring (bicyclic) bond motifs is 1. The van der Waals surface area contributed by atoms with E-state index in [0.717, 1.165) is 31.5 Å². The van der Waals surface area contributed by atoms with Crippen molar-refractivity contribution in [3.05, 3.63) is 34.5 Å². The maximum absolute atomic E-state index is 12.5. The van der Waals surface area contributed by atoms with E-state index in [1.165, 1.54) is 4.68 Å². The van der Waals surface area contributed by atoms with Crippen LogP contribution < -0.4 is 20.5 Å². The largest absolute Gasteiger partial charge is 0.494 e. The summed E-state index contributed by atoms with van der Waals surface area (Å²) in [5.74, 6) is 1.63. The highest BCUT2D eigenvalue weighted by molar-refractivity contribution is 5.92. The number of rotatable bonds is 7. The quantitative estimate of drug-likeness (QED) is 0.803. The van der Waals surface area contributed by atoms with Crippen molar-refractivity contribution in [3.8, 4) is 11.5 Å². The number of benzene rings is 1. The van der Waals surface area contributed by atoms with E-state index in [-0.39, 0.29) is 18.1 Å². The van der Waals surface area contributed by atoms with Gasteiger partial charge in [0.25, 0.3) is 0 Å². The van der Waals surface area contributed by atoms with Crippen molar-refractivity contribution >= 4 is 11.6 Å². The summed E-state index contributed by atoms with van der Waals surface area (Å²) in [5, 5.41) is 7.16. The number of amides is 1. The van der Waals surface area contributed by atoms with Crippen molar-refractivity contribution in [2.75, 3.05) is 18.5 Å². The van der Waals surface area contributed by atoms with Gasteiger partial charge in [-0.2, -0.15) is 5.10 Å². The molecule has 1 N–H and O–H groups in total. The van der Waals surface area contributed by atoms with Gasteiger partial charge in [0, 0.05) is 19.0 Å². The van der Waals surface area contributed by atoms with Gasteiger partial charge in [0.05, 0.1) is 18.9 Å². The third kappa shape index (κ3) is 4.50. The fourth-order valence-corrected chi connectivity index (χ4v) is 3.20. The smallest absolute Gasteiger partial charge is 0.346 e. The van der Waals surface area contributed by atoms with E-state index in [1.807, 2.05) is 13.8 Å². The maximum Gasteiger partial charge on any atom is 0.346 e. The molecule has 2 heterocycles. The predicted octanol–water partition coefficient (Wildman–Crippen LogP) is 2.21. The third-order valence-corrected chi connectivity index (χ3v) is 4.41. The second-order valence-corrected chi connectivity index (χ2v) is 6.39. The summed E-state index contributed by atoms with van der Waals surface area (Å²) in [4.78, 5) is 25.0. The van der Waals surface area contributed by atoms with Gasteiger partial charge in [-0.15, -0.1) is 0 Å². The fraction of sp³-hybridized carbons (Fsp3) is 0.526. The first-order chi connectivity index (χ1) is 13.1. The maximum atomic E-state index is 12.5. The molecule has 1 aromatic carbocycles. The molecule has 2 aromatic rings. The Hall–Kier alpha value is -2.77. The molecular weight excluding hydrogens is 348 g/mol. The first kappa shape index (κ1) is 19.0. The molecule has 0 saturated carbocycles. The summed E-state index contributed by atoms with van der Waals surface area (Å²) < 4.78 is 14.0. The molecule has 3 rings (SSSR count). The van der Waals surface area contributed by atoms with Gasteiger partial charge in [0.2, 0.25) is 5.91 Å². The van der Waals surface area contributed by atoms with Gasteiger partial charge in [-0.25, -0.2) is 9.48 Å². The average Bonchev–Trinajstić information content (AvgIpc) is 2.81. The molecule has 0 fully saturated rings. The Bertz CT molecular complexity index is 856. The highest BCUT2D eigenvalue weighted by Crippen LogP contribution is 2.29. The number of nitrogens with zero attached hydrogens (tertiary/aromatic N) is 3. The minimum atomic E-state index is -0.333. The fourth-order valence-electron chi connectivity index (χ4n) is 3.20. The number of carbonyl (C=O) groups excluding carboxylic acids is 1. The van der Waals surface area contributed by atoms with Crippen LogP contribution in [0.1, 0.15) is 38.9 Å². The van der Waals surface area contributed by atoms with E-state index in [9.17, 15) is 9.59 Å². The van der Waals surface area contributed by atoms with E-state index in [0.29, 0.717) is 36.9 Å². The monoisotopic (exact) mass is 374 g/mol. The van der Waals surface area contributed by atoms with Gasteiger partial charge in [-0.05, 0) is 38.8 Å². The van der Waals surface area contributed by atoms with Crippen LogP contribution in [-0.2, 0) is 24.3 Å². The van der Waals surface area contributed by atoms with Crippen molar-refractivity contribution in [3.63, 3.8) is 0 Å². The molecular formula is C19H26N4O4. The van der Waals surface area contributed by atoms with Crippen LogP contribution in [0.2, 0.25) is 0 Å². The first-order valence-corrected chi connectivity index (χ1v) is 9.48. The Morgan fingerprint density at radius 2 is 2.00 bits per heavy atom. The molecule has 1 aromatic heterocycles. The van der Waals surface area contributed by atoms with Crippen LogP contribution in [0.25, 0.3) is 0 Å². The highest BCUT2D eigenvalue weighted by atomic mass is 16.5. The first-order valence-electron chi connectivity index (χ1n) is 9.48. The van der Waals surface area contributed by atoms with Crippen LogP contribution in [-0.4, -0.2) is 33.5 Å². The minimum Gasteiger partial charge on any atom is -0.494 e. The Morgan fingerprint density at radius 1 is 1.19 bits per heavy atom. The molecule has 146 valence electrons. The molecule has 0 bridgehead atoms. The van der Waals surface area contributed by atoms with Crippen LogP contribution in [0, 0.1) is 0 Å². The molecule has 0 aliphatic carbocycles. The summed E-state index contributed by atoms with van der Waals surface area (Å²) in [6.07, 6.45) is 3.85. The zero-order valence-corrected chi connectivity index (χ0v) is 15.9. The summed E-state index contributed by atoms with van der Waals surface area (Å²) in [6.45, 7) is 5.30. The van der Waals surface area contributed by atoms with E-state index in [4.69, 9.17) is 9.47 Å². The minimum absolute atomic E-state index is 0.136. The van der Waals surface area contributed by atoms with Crippen molar-refractivity contribution in [1.29, 1.82) is 0 Å². The number of ether oxygens (including phenoxy) is 2. The van der Waals surface area contributed by atoms with Gasteiger partial charge in [-0.3, -0.25) is 9.36 Å². The lowest BCUT2D eigenvalue weighted by Gasteiger charge is -2.13. The number of aromatic nitrogens is 3. The number of anilines is 1. The number of aryl methyl sites for hydroxylation is 1. The number of hydrogen-bond donors (Lipinski definition) is 1. The molecule has 0 spiro atoms. The van der Waals surface area contributed by atoms with Crippen LogP contribution in [0.15, 0.2) is 23.0 Å². The number of carbonyl (C=O) groups is 1. The standard InChI is InChI=1S/C19H26N4O4/c1-3-26-14-9-10-16(27-4-2)15(12-14)20-18(24)13-23-19(25)22-11-7-5-6-8-17(22)21-23/h9-10,12H,3-8,11,13H2,1-2H3,(H,20,24). The highest BCUT2D eigenvalue weighted by Gasteiger charge is 2.18. The van der Waals surface area contributed by atoms with Crippen LogP contribution in [0.4, 0.5) is 5.69 Å². The molecule has 1 amide bonds. The Morgan fingerprint density at radius 3 is 2.78 bits per heavy atom. The van der Waals surface area contributed by atoms with Crippen molar-refractivity contribution in [1.82, 2.24) is 14.3 Å². The summed E-state index contributed by atoms with van der Waals surface area (Å²) in [7, 11) is 0. The molecule has 1 aliphatic rings. The van der Waals surface area contributed by atoms with E-state index in [1.54, 1.807) is 22.8 Å². The Balaban J connectivity index is 1.76. The SMILES string of the molecule is CCOc1ccc(OCC)c(NC(=O)Cn2nc3n(c2=O)CCCCC3)c1. The molecule has 8 nitrogen and oxygen atoms in total. The topological polar surface area (TPSA) is 87.4 Å². The van der Waals surface area contributed by atoms with Gasteiger partial charge in [-0.1, -0.05) is 6.42 Å². The average molecular weight is 374 g/mol.